The Morgan fingerprint density at radius 2 is 1.91 bits per heavy atom. The van der Waals surface area contributed by atoms with Gasteiger partial charge in [0.05, 0.1) is 26.2 Å². The second-order valence-corrected chi connectivity index (χ2v) is 7.80. The number of nitrogens with zero attached hydrogens (tertiary/aromatic N) is 1. The number of rotatable bonds is 10. The largest absolute Gasteiger partial charge is 0.493 e. The SMILES string of the molecule is CCCOc1ccc(C(CC(=O)O)NC(=O)c2cnc(-c3ccc(Cl)cc3)[nH]c2=O)cc1OC. The van der Waals surface area contributed by atoms with Crippen molar-refractivity contribution in [3.05, 3.63) is 75.2 Å². The van der Waals surface area contributed by atoms with Crippen LogP contribution in [0.5, 0.6) is 11.5 Å². The Bertz CT molecular complexity index is 1230. The first-order valence-corrected chi connectivity index (χ1v) is 10.9. The molecule has 0 saturated carbocycles. The summed E-state index contributed by atoms with van der Waals surface area (Å²) in [5, 5.41) is 12.5. The fraction of sp³-hybridized carbons (Fsp3) is 0.250. The number of ether oxygens (including phenoxy) is 2. The van der Waals surface area contributed by atoms with Crippen molar-refractivity contribution in [2.24, 2.45) is 0 Å². The van der Waals surface area contributed by atoms with Crippen LogP contribution in [0.2, 0.25) is 5.02 Å². The van der Waals surface area contributed by atoms with Crippen molar-refractivity contribution in [1.82, 2.24) is 15.3 Å². The number of aromatic amines is 1. The molecule has 1 amide bonds. The molecule has 0 aliphatic rings. The van der Waals surface area contributed by atoms with Gasteiger partial charge >= 0.3 is 5.97 Å². The minimum atomic E-state index is -1.12. The summed E-state index contributed by atoms with van der Waals surface area (Å²) in [6.45, 7) is 2.46. The van der Waals surface area contributed by atoms with Crippen molar-refractivity contribution in [1.29, 1.82) is 0 Å². The molecule has 3 rings (SSSR count). The average Bonchev–Trinajstić information content (AvgIpc) is 2.82. The van der Waals surface area contributed by atoms with E-state index in [2.05, 4.69) is 15.3 Å². The van der Waals surface area contributed by atoms with E-state index >= 15 is 0 Å². The number of carboxylic acids is 1. The highest BCUT2D eigenvalue weighted by Gasteiger charge is 2.22. The Hall–Kier alpha value is -3.85. The maximum Gasteiger partial charge on any atom is 0.305 e. The van der Waals surface area contributed by atoms with Gasteiger partial charge in [-0.2, -0.15) is 0 Å². The van der Waals surface area contributed by atoms with Gasteiger partial charge in [-0.25, -0.2) is 4.98 Å². The molecule has 0 spiro atoms. The van der Waals surface area contributed by atoms with Gasteiger partial charge < -0.3 is 24.9 Å². The fourth-order valence-electron chi connectivity index (χ4n) is 3.21. The molecule has 1 atom stereocenters. The number of H-pyrrole nitrogens is 1. The predicted molar refractivity (Wildman–Crippen MR) is 127 cm³/mol. The molecule has 1 unspecified atom stereocenters. The van der Waals surface area contributed by atoms with E-state index in [-0.39, 0.29) is 11.4 Å². The highest BCUT2D eigenvalue weighted by Crippen LogP contribution is 2.31. The van der Waals surface area contributed by atoms with Crippen molar-refractivity contribution >= 4 is 23.5 Å². The van der Waals surface area contributed by atoms with Gasteiger partial charge in [-0.3, -0.25) is 14.4 Å². The number of hydrogen-bond donors (Lipinski definition) is 3. The monoisotopic (exact) mass is 485 g/mol. The van der Waals surface area contributed by atoms with Gasteiger partial charge in [-0.1, -0.05) is 24.6 Å². The van der Waals surface area contributed by atoms with Crippen LogP contribution < -0.4 is 20.3 Å². The van der Waals surface area contributed by atoms with Crippen LogP contribution >= 0.6 is 11.6 Å². The second-order valence-electron chi connectivity index (χ2n) is 7.36. The van der Waals surface area contributed by atoms with Crippen LogP contribution in [-0.2, 0) is 4.79 Å². The maximum absolute atomic E-state index is 12.8. The molecule has 0 fully saturated rings. The van der Waals surface area contributed by atoms with E-state index in [9.17, 15) is 19.5 Å². The summed E-state index contributed by atoms with van der Waals surface area (Å²) in [5.74, 6) is -0.698. The number of carboxylic acid groups (broad SMARTS) is 1. The summed E-state index contributed by atoms with van der Waals surface area (Å²) < 4.78 is 11.0. The minimum Gasteiger partial charge on any atom is -0.493 e. The predicted octanol–water partition coefficient (Wildman–Crippen LogP) is 3.83. The molecule has 0 aliphatic carbocycles. The van der Waals surface area contributed by atoms with Crippen LogP contribution in [0.3, 0.4) is 0 Å². The summed E-state index contributed by atoms with van der Waals surface area (Å²) in [6.07, 6.45) is 1.55. The molecule has 3 aromatic rings. The fourth-order valence-corrected chi connectivity index (χ4v) is 3.33. The third-order valence-electron chi connectivity index (χ3n) is 4.90. The van der Waals surface area contributed by atoms with Crippen molar-refractivity contribution < 1.29 is 24.2 Å². The first-order chi connectivity index (χ1) is 16.3. The van der Waals surface area contributed by atoms with Crippen LogP contribution in [0.25, 0.3) is 11.4 Å². The summed E-state index contributed by atoms with van der Waals surface area (Å²) in [6, 6.07) is 10.7. The van der Waals surface area contributed by atoms with Gasteiger partial charge in [-0.05, 0) is 48.4 Å². The number of benzene rings is 2. The molecule has 0 radical (unpaired) electrons. The van der Waals surface area contributed by atoms with Crippen molar-refractivity contribution in [3.8, 4) is 22.9 Å². The highest BCUT2D eigenvalue weighted by atomic mass is 35.5. The van der Waals surface area contributed by atoms with E-state index in [0.717, 1.165) is 12.6 Å². The Labute approximate surface area is 200 Å². The maximum atomic E-state index is 12.8. The highest BCUT2D eigenvalue weighted by molar-refractivity contribution is 6.30. The molecule has 10 heteroatoms. The Kier molecular flexibility index (Phi) is 8.26. The van der Waals surface area contributed by atoms with Crippen molar-refractivity contribution in [3.63, 3.8) is 0 Å². The molecule has 34 heavy (non-hydrogen) atoms. The molecule has 2 aromatic carbocycles. The van der Waals surface area contributed by atoms with Crippen LogP contribution in [0.15, 0.2) is 53.5 Å². The van der Waals surface area contributed by atoms with Gasteiger partial charge in [0.15, 0.2) is 11.5 Å². The normalized spacial score (nSPS) is 11.5. The molecule has 0 bridgehead atoms. The van der Waals surface area contributed by atoms with E-state index in [1.54, 1.807) is 42.5 Å². The second kappa shape index (κ2) is 11.3. The number of carbonyl (C=O) groups is 2. The Morgan fingerprint density at radius 1 is 1.18 bits per heavy atom. The third-order valence-corrected chi connectivity index (χ3v) is 5.15. The van der Waals surface area contributed by atoms with Gasteiger partial charge in [0.25, 0.3) is 11.5 Å². The van der Waals surface area contributed by atoms with E-state index in [1.165, 1.54) is 7.11 Å². The summed E-state index contributed by atoms with van der Waals surface area (Å²) in [5.41, 5.74) is 0.198. The van der Waals surface area contributed by atoms with Gasteiger partial charge in [-0.15, -0.1) is 0 Å². The smallest absolute Gasteiger partial charge is 0.305 e. The molecule has 178 valence electrons. The minimum absolute atomic E-state index is 0.247. The topological polar surface area (TPSA) is 131 Å². The summed E-state index contributed by atoms with van der Waals surface area (Å²) in [4.78, 5) is 43.6. The third kappa shape index (κ3) is 6.14. The van der Waals surface area contributed by atoms with Crippen LogP contribution in [0.4, 0.5) is 0 Å². The number of aliphatic carboxylic acids is 1. The zero-order valence-corrected chi connectivity index (χ0v) is 19.4. The molecule has 3 N–H and O–H groups in total. The molecule has 9 nitrogen and oxygen atoms in total. The van der Waals surface area contributed by atoms with E-state index in [4.69, 9.17) is 21.1 Å². The molecule has 1 aromatic heterocycles. The van der Waals surface area contributed by atoms with Crippen LogP contribution in [-0.4, -0.2) is 40.7 Å². The van der Waals surface area contributed by atoms with E-state index in [0.29, 0.717) is 34.3 Å². The zero-order valence-electron chi connectivity index (χ0n) is 18.6. The first-order valence-electron chi connectivity index (χ1n) is 10.5. The number of nitrogens with one attached hydrogen (secondary N) is 2. The number of methoxy groups -OCH3 is 1. The van der Waals surface area contributed by atoms with Crippen LogP contribution in [0.1, 0.15) is 41.7 Å². The van der Waals surface area contributed by atoms with Gasteiger partial charge in [0.1, 0.15) is 11.4 Å². The molecular formula is C24H24ClN3O6. The van der Waals surface area contributed by atoms with Gasteiger partial charge in [0.2, 0.25) is 0 Å². The quantitative estimate of drug-likeness (QED) is 0.397. The van der Waals surface area contributed by atoms with E-state index in [1.807, 2.05) is 6.92 Å². The van der Waals surface area contributed by atoms with Gasteiger partial charge in [0, 0.05) is 16.8 Å². The number of aromatic nitrogens is 2. The molecule has 0 aliphatic heterocycles. The summed E-state index contributed by atoms with van der Waals surface area (Å²) in [7, 11) is 1.47. The standard InChI is InChI=1S/C24H24ClN3O6/c1-3-10-34-19-9-6-15(11-20(19)33-2)18(12-21(29)30)27-23(31)17-13-26-22(28-24(17)32)14-4-7-16(25)8-5-14/h4-9,11,13,18H,3,10,12H2,1-2H3,(H,27,31)(H,29,30)(H,26,28,32). The summed E-state index contributed by atoms with van der Waals surface area (Å²) >= 11 is 5.88. The van der Waals surface area contributed by atoms with Crippen LogP contribution in [0, 0.1) is 0 Å². The first kappa shape index (κ1) is 24.8. The lowest BCUT2D eigenvalue weighted by molar-refractivity contribution is -0.137. The molecule has 0 saturated heterocycles. The zero-order chi connectivity index (χ0) is 24.7. The number of hydrogen-bond acceptors (Lipinski definition) is 6. The lowest BCUT2D eigenvalue weighted by atomic mass is 10.0. The van der Waals surface area contributed by atoms with Crippen molar-refractivity contribution in [2.75, 3.05) is 13.7 Å². The lowest BCUT2D eigenvalue weighted by Crippen LogP contribution is -2.34. The number of halogens is 1. The van der Waals surface area contributed by atoms with E-state index < -0.39 is 29.9 Å². The van der Waals surface area contributed by atoms with Crippen molar-refractivity contribution in [2.45, 2.75) is 25.8 Å². The molecular weight excluding hydrogens is 462 g/mol. The average molecular weight is 486 g/mol. The number of amides is 1. The molecule has 1 heterocycles. The Morgan fingerprint density at radius 3 is 2.53 bits per heavy atom. The Balaban J connectivity index is 1.85. The lowest BCUT2D eigenvalue weighted by Gasteiger charge is -2.19. The number of carbonyl (C=O) groups excluding carboxylic acids is 1.